The number of nitrogens with zero attached hydrogens (tertiary/aromatic N) is 2. The molecule has 3 atom stereocenters. The van der Waals surface area contributed by atoms with Gasteiger partial charge >= 0.3 is 0 Å². The van der Waals surface area contributed by atoms with Crippen molar-refractivity contribution < 1.29 is 23.9 Å². The summed E-state index contributed by atoms with van der Waals surface area (Å²) in [4.78, 5) is 41.6. The van der Waals surface area contributed by atoms with Crippen LogP contribution in [-0.2, 0) is 20.7 Å². The fourth-order valence-electron chi connectivity index (χ4n) is 4.27. The number of carbonyl (C=O) groups excluding carboxylic acids is 3. The Labute approximate surface area is 207 Å². The van der Waals surface area contributed by atoms with E-state index < -0.39 is 0 Å². The van der Waals surface area contributed by atoms with E-state index in [1.54, 1.807) is 49.1 Å². The molecule has 1 heterocycles. The molecule has 0 bridgehead atoms. The third kappa shape index (κ3) is 6.82. The van der Waals surface area contributed by atoms with E-state index in [-0.39, 0.29) is 48.8 Å². The average molecular weight is 482 g/mol. The number of nitrogens with one attached hydrogen (secondary N) is 1. The van der Waals surface area contributed by atoms with Gasteiger partial charge in [0.25, 0.3) is 5.91 Å². The van der Waals surface area contributed by atoms with Gasteiger partial charge in [-0.3, -0.25) is 14.4 Å². The molecule has 3 rings (SSSR count). The Morgan fingerprint density at radius 1 is 1.11 bits per heavy atom. The standard InChI is InChI=1S/C27H35N3O5/c1-18-15-30(20(3)31)19(2)17-35-24-14-22(28-26(32)13-21-9-7-6-8-10-21)11-12-23(24)27(33)29(4)16-25(18)34-5/h6-12,14,18-19,25H,13,15-17H2,1-5H3,(H,28,32)/t18-,19+,25-/m1/s1. The van der Waals surface area contributed by atoms with Crippen molar-refractivity contribution in [2.24, 2.45) is 5.92 Å². The van der Waals surface area contributed by atoms with E-state index in [9.17, 15) is 14.4 Å². The fraction of sp³-hybridized carbons (Fsp3) is 0.444. The maximum Gasteiger partial charge on any atom is 0.257 e. The molecule has 0 spiro atoms. The molecule has 1 aliphatic heterocycles. The van der Waals surface area contributed by atoms with Crippen molar-refractivity contribution >= 4 is 23.4 Å². The molecule has 0 unspecified atom stereocenters. The van der Waals surface area contributed by atoms with Crippen molar-refractivity contribution in [3.8, 4) is 5.75 Å². The van der Waals surface area contributed by atoms with E-state index in [1.807, 2.05) is 44.2 Å². The Hall–Kier alpha value is -3.39. The number of anilines is 1. The molecule has 0 fully saturated rings. The van der Waals surface area contributed by atoms with Crippen LogP contribution >= 0.6 is 0 Å². The van der Waals surface area contributed by atoms with Gasteiger partial charge in [0.05, 0.1) is 24.1 Å². The first kappa shape index (κ1) is 26.2. The number of hydrogen-bond donors (Lipinski definition) is 1. The van der Waals surface area contributed by atoms with E-state index in [0.29, 0.717) is 30.1 Å². The van der Waals surface area contributed by atoms with Gasteiger partial charge < -0.3 is 24.6 Å². The van der Waals surface area contributed by atoms with Gasteiger partial charge in [-0.25, -0.2) is 0 Å². The third-order valence-corrected chi connectivity index (χ3v) is 6.34. The second-order valence-corrected chi connectivity index (χ2v) is 9.19. The third-order valence-electron chi connectivity index (χ3n) is 6.34. The van der Waals surface area contributed by atoms with Crippen molar-refractivity contribution in [3.05, 3.63) is 59.7 Å². The Kier molecular flexibility index (Phi) is 8.87. The molecular formula is C27H35N3O5. The largest absolute Gasteiger partial charge is 0.491 e. The van der Waals surface area contributed by atoms with Crippen LogP contribution in [0.3, 0.4) is 0 Å². The van der Waals surface area contributed by atoms with Crippen molar-refractivity contribution in [1.82, 2.24) is 9.80 Å². The minimum absolute atomic E-state index is 0.0164. The maximum atomic E-state index is 13.3. The number of rotatable bonds is 4. The summed E-state index contributed by atoms with van der Waals surface area (Å²) >= 11 is 0. The quantitative estimate of drug-likeness (QED) is 0.725. The van der Waals surface area contributed by atoms with E-state index in [0.717, 1.165) is 5.56 Å². The molecule has 2 aromatic carbocycles. The van der Waals surface area contributed by atoms with Gasteiger partial charge in [0.1, 0.15) is 12.4 Å². The van der Waals surface area contributed by atoms with Gasteiger partial charge in [0.15, 0.2) is 0 Å². The lowest BCUT2D eigenvalue weighted by Crippen LogP contribution is -2.48. The maximum absolute atomic E-state index is 13.3. The van der Waals surface area contributed by atoms with Crippen LogP contribution in [-0.4, -0.2) is 73.5 Å². The number of benzene rings is 2. The molecule has 35 heavy (non-hydrogen) atoms. The Bertz CT molecular complexity index is 1040. The molecular weight excluding hydrogens is 446 g/mol. The zero-order valence-electron chi connectivity index (χ0n) is 21.1. The molecule has 0 aromatic heterocycles. The molecule has 0 radical (unpaired) electrons. The number of methoxy groups -OCH3 is 1. The molecule has 1 aliphatic rings. The first-order valence-corrected chi connectivity index (χ1v) is 11.9. The number of ether oxygens (including phenoxy) is 2. The number of likely N-dealkylation sites (N-methyl/N-ethyl adjacent to an activating group) is 1. The molecule has 8 nitrogen and oxygen atoms in total. The van der Waals surface area contributed by atoms with Crippen LogP contribution in [0.15, 0.2) is 48.5 Å². The second kappa shape index (κ2) is 11.8. The first-order chi connectivity index (χ1) is 16.7. The van der Waals surface area contributed by atoms with Crippen LogP contribution in [0.1, 0.15) is 36.7 Å². The molecule has 0 saturated heterocycles. The minimum atomic E-state index is -0.238. The van der Waals surface area contributed by atoms with E-state index in [4.69, 9.17) is 9.47 Å². The summed E-state index contributed by atoms with van der Waals surface area (Å²) in [5, 5.41) is 2.88. The van der Waals surface area contributed by atoms with Gasteiger partial charge in [-0.15, -0.1) is 0 Å². The number of carbonyl (C=O) groups is 3. The summed E-state index contributed by atoms with van der Waals surface area (Å²) in [5.41, 5.74) is 1.83. The number of fused-ring (bicyclic) bond motifs is 1. The van der Waals surface area contributed by atoms with Crippen LogP contribution in [0.5, 0.6) is 5.75 Å². The van der Waals surface area contributed by atoms with E-state index >= 15 is 0 Å². The predicted molar refractivity (Wildman–Crippen MR) is 134 cm³/mol. The summed E-state index contributed by atoms with van der Waals surface area (Å²) in [6.07, 6.45) is 0.0000990. The molecule has 0 saturated carbocycles. The lowest BCUT2D eigenvalue weighted by atomic mass is 10.0. The van der Waals surface area contributed by atoms with Crippen LogP contribution in [0.25, 0.3) is 0 Å². The van der Waals surface area contributed by atoms with Crippen LogP contribution in [0.2, 0.25) is 0 Å². The molecule has 188 valence electrons. The molecule has 0 aliphatic carbocycles. The van der Waals surface area contributed by atoms with Gasteiger partial charge in [0.2, 0.25) is 11.8 Å². The predicted octanol–water partition coefficient (Wildman–Crippen LogP) is 3.22. The van der Waals surface area contributed by atoms with E-state index in [1.165, 1.54) is 0 Å². The highest BCUT2D eigenvalue weighted by atomic mass is 16.5. The van der Waals surface area contributed by atoms with Gasteiger partial charge in [0, 0.05) is 51.8 Å². The topological polar surface area (TPSA) is 88.2 Å². The zero-order chi connectivity index (χ0) is 25.5. The fourth-order valence-corrected chi connectivity index (χ4v) is 4.27. The Morgan fingerprint density at radius 2 is 1.83 bits per heavy atom. The monoisotopic (exact) mass is 481 g/mol. The molecule has 3 amide bonds. The lowest BCUT2D eigenvalue weighted by molar-refractivity contribution is -0.133. The molecule has 8 heteroatoms. The Balaban J connectivity index is 1.88. The summed E-state index contributed by atoms with van der Waals surface area (Å²) in [5.74, 6) is -0.0414. The van der Waals surface area contributed by atoms with Crippen molar-refractivity contribution in [1.29, 1.82) is 0 Å². The smallest absolute Gasteiger partial charge is 0.257 e. The summed E-state index contributed by atoms with van der Waals surface area (Å²) < 4.78 is 11.8. The summed E-state index contributed by atoms with van der Waals surface area (Å²) in [6, 6.07) is 14.3. The van der Waals surface area contributed by atoms with E-state index in [2.05, 4.69) is 5.32 Å². The second-order valence-electron chi connectivity index (χ2n) is 9.19. The molecule has 1 N–H and O–H groups in total. The van der Waals surface area contributed by atoms with Gasteiger partial charge in [-0.2, -0.15) is 0 Å². The van der Waals surface area contributed by atoms with Crippen molar-refractivity contribution in [3.63, 3.8) is 0 Å². The van der Waals surface area contributed by atoms with Crippen LogP contribution in [0.4, 0.5) is 5.69 Å². The Morgan fingerprint density at radius 3 is 2.49 bits per heavy atom. The van der Waals surface area contributed by atoms with Gasteiger partial charge in [-0.1, -0.05) is 37.3 Å². The number of amides is 3. The normalized spacial score (nSPS) is 21.3. The van der Waals surface area contributed by atoms with Crippen molar-refractivity contribution in [2.75, 3.05) is 39.2 Å². The highest BCUT2D eigenvalue weighted by Gasteiger charge is 2.29. The number of hydrogen-bond acceptors (Lipinski definition) is 5. The highest BCUT2D eigenvalue weighted by molar-refractivity contribution is 5.98. The lowest BCUT2D eigenvalue weighted by Gasteiger charge is -2.35. The highest BCUT2D eigenvalue weighted by Crippen LogP contribution is 2.27. The summed E-state index contributed by atoms with van der Waals surface area (Å²) in [7, 11) is 3.34. The average Bonchev–Trinajstić information content (AvgIpc) is 2.83. The van der Waals surface area contributed by atoms with Gasteiger partial charge in [-0.05, 0) is 24.6 Å². The van der Waals surface area contributed by atoms with Crippen molar-refractivity contribution in [2.45, 2.75) is 39.3 Å². The summed E-state index contributed by atoms with van der Waals surface area (Å²) in [6.45, 7) is 6.53. The van der Waals surface area contributed by atoms with Crippen LogP contribution in [0, 0.1) is 5.92 Å². The van der Waals surface area contributed by atoms with Crippen LogP contribution < -0.4 is 10.1 Å². The SMILES string of the molecule is CO[C@@H]1CN(C)C(=O)c2ccc(NC(=O)Cc3ccccc3)cc2OC[C@H](C)N(C(C)=O)C[C@H]1C. The molecule has 2 aromatic rings. The first-order valence-electron chi connectivity index (χ1n) is 11.9. The minimum Gasteiger partial charge on any atom is -0.491 e. The zero-order valence-corrected chi connectivity index (χ0v) is 21.1.